The first kappa shape index (κ1) is 17.9. The number of halogens is 2. The monoisotopic (exact) mass is 355 g/mol. The van der Waals surface area contributed by atoms with E-state index in [2.05, 4.69) is 0 Å². The molecule has 0 aliphatic rings. The maximum absolute atomic E-state index is 10.4. The van der Waals surface area contributed by atoms with Gasteiger partial charge in [0.2, 0.25) is 0 Å². The Morgan fingerprint density at radius 1 is 1.13 bits per heavy atom. The molecule has 2 unspecified atom stereocenters. The minimum Gasteiger partial charge on any atom is -0.493 e. The molecule has 2 aromatic rings. The van der Waals surface area contributed by atoms with E-state index in [1.807, 2.05) is 12.1 Å². The second-order valence-electron chi connectivity index (χ2n) is 5.24. The fraction of sp³-hybridized carbons (Fsp3) is 0.294. The number of nitrogens with two attached hydrogens (primary N) is 1. The van der Waals surface area contributed by atoms with Crippen molar-refractivity contribution in [3.05, 3.63) is 58.1 Å². The van der Waals surface area contributed by atoms with Gasteiger partial charge in [0.15, 0.2) is 17.1 Å². The van der Waals surface area contributed by atoms with E-state index in [9.17, 15) is 5.11 Å². The standard InChI is InChI=1S/C17H19Cl2NO3/c1-17(16(21)10-20,11-7-8-12(18)13(19)9-11)23-15-6-4-3-5-14(15)22-2/h3-9,16,21H,10,20H2,1-2H3. The summed E-state index contributed by atoms with van der Waals surface area (Å²) >= 11 is 12.1. The topological polar surface area (TPSA) is 64.7 Å². The Labute approximate surface area is 145 Å². The molecule has 2 rings (SSSR count). The maximum atomic E-state index is 10.4. The number of methoxy groups -OCH3 is 1. The van der Waals surface area contributed by atoms with E-state index >= 15 is 0 Å². The molecule has 0 fully saturated rings. The van der Waals surface area contributed by atoms with Gasteiger partial charge in [0.1, 0.15) is 6.10 Å². The minimum atomic E-state index is -1.11. The van der Waals surface area contributed by atoms with Crippen LogP contribution in [0.1, 0.15) is 12.5 Å². The molecular weight excluding hydrogens is 337 g/mol. The molecule has 0 aliphatic carbocycles. The number of ether oxygens (including phenoxy) is 2. The molecule has 0 saturated carbocycles. The zero-order valence-electron chi connectivity index (χ0n) is 12.9. The Hall–Kier alpha value is -1.46. The molecule has 3 N–H and O–H groups in total. The summed E-state index contributed by atoms with van der Waals surface area (Å²) in [5.74, 6) is 1.05. The van der Waals surface area contributed by atoms with Crippen LogP contribution in [0.3, 0.4) is 0 Å². The van der Waals surface area contributed by atoms with Crippen molar-refractivity contribution in [1.29, 1.82) is 0 Å². The minimum absolute atomic E-state index is 0.0197. The van der Waals surface area contributed by atoms with E-state index in [1.54, 1.807) is 44.4 Å². The van der Waals surface area contributed by atoms with Gasteiger partial charge in [-0.05, 0) is 36.8 Å². The second kappa shape index (κ2) is 7.41. The van der Waals surface area contributed by atoms with Crippen molar-refractivity contribution in [2.45, 2.75) is 18.6 Å². The molecule has 0 saturated heterocycles. The average Bonchev–Trinajstić information content (AvgIpc) is 2.56. The summed E-state index contributed by atoms with van der Waals surface area (Å²) in [5.41, 5.74) is 5.22. The lowest BCUT2D eigenvalue weighted by atomic mass is 9.89. The van der Waals surface area contributed by atoms with Crippen LogP contribution in [0.4, 0.5) is 0 Å². The summed E-state index contributed by atoms with van der Waals surface area (Å²) in [4.78, 5) is 0. The van der Waals surface area contributed by atoms with Crippen LogP contribution in [-0.2, 0) is 5.60 Å². The number of aliphatic hydroxyl groups excluding tert-OH is 1. The van der Waals surface area contributed by atoms with E-state index in [0.717, 1.165) is 0 Å². The van der Waals surface area contributed by atoms with E-state index < -0.39 is 11.7 Å². The van der Waals surface area contributed by atoms with Gasteiger partial charge in [-0.25, -0.2) is 0 Å². The Bertz CT molecular complexity index is 681. The summed E-state index contributed by atoms with van der Waals surface area (Å²) < 4.78 is 11.4. The first-order valence-corrected chi connectivity index (χ1v) is 7.83. The number of hydrogen-bond acceptors (Lipinski definition) is 4. The Balaban J connectivity index is 2.49. The van der Waals surface area contributed by atoms with Crippen LogP contribution < -0.4 is 15.2 Å². The molecule has 0 aromatic heterocycles. The van der Waals surface area contributed by atoms with Gasteiger partial charge in [-0.15, -0.1) is 0 Å². The molecule has 0 heterocycles. The molecule has 4 nitrogen and oxygen atoms in total. The van der Waals surface area contributed by atoms with Crippen molar-refractivity contribution in [2.75, 3.05) is 13.7 Å². The highest BCUT2D eigenvalue weighted by molar-refractivity contribution is 6.42. The van der Waals surface area contributed by atoms with Crippen molar-refractivity contribution in [3.8, 4) is 11.5 Å². The average molecular weight is 356 g/mol. The number of para-hydroxylation sites is 2. The lowest BCUT2D eigenvalue weighted by molar-refractivity contribution is -0.0422. The smallest absolute Gasteiger partial charge is 0.162 e. The van der Waals surface area contributed by atoms with Gasteiger partial charge in [0, 0.05) is 6.54 Å². The third-order valence-corrected chi connectivity index (χ3v) is 4.48. The number of benzene rings is 2. The van der Waals surface area contributed by atoms with Crippen molar-refractivity contribution in [1.82, 2.24) is 0 Å². The van der Waals surface area contributed by atoms with Gasteiger partial charge in [-0.2, -0.15) is 0 Å². The maximum Gasteiger partial charge on any atom is 0.162 e. The van der Waals surface area contributed by atoms with Gasteiger partial charge in [0.25, 0.3) is 0 Å². The van der Waals surface area contributed by atoms with E-state index in [4.69, 9.17) is 38.4 Å². The molecule has 6 heteroatoms. The molecule has 0 spiro atoms. The van der Waals surface area contributed by atoms with Crippen molar-refractivity contribution >= 4 is 23.2 Å². The van der Waals surface area contributed by atoms with Crippen LogP contribution in [0, 0.1) is 0 Å². The lowest BCUT2D eigenvalue weighted by Gasteiger charge is -2.35. The molecule has 0 bridgehead atoms. The summed E-state index contributed by atoms with van der Waals surface area (Å²) in [6.07, 6.45) is -0.954. The van der Waals surface area contributed by atoms with Gasteiger partial charge >= 0.3 is 0 Å². The van der Waals surface area contributed by atoms with Crippen molar-refractivity contribution in [2.24, 2.45) is 5.73 Å². The van der Waals surface area contributed by atoms with Crippen molar-refractivity contribution in [3.63, 3.8) is 0 Å². The van der Waals surface area contributed by atoms with E-state index in [0.29, 0.717) is 27.1 Å². The number of rotatable bonds is 6. The van der Waals surface area contributed by atoms with Crippen LogP contribution in [0.25, 0.3) is 0 Å². The number of hydrogen-bond donors (Lipinski definition) is 2. The molecular formula is C17H19Cl2NO3. The van der Waals surface area contributed by atoms with Gasteiger partial charge in [0.05, 0.1) is 17.2 Å². The molecule has 0 radical (unpaired) electrons. The van der Waals surface area contributed by atoms with Gasteiger partial charge in [-0.1, -0.05) is 41.4 Å². The first-order valence-electron chi connectivity index (χ1n) is 7.08. The Morgan fingerprint density at radius 3 is 2.35 bits per heavy atom. The Morgan fingerprint density at radius 2 is 1.78 bits per heavy atom. The highest BCUT2D eigenvalue weighted by atomic mass is 35.5. The second-order valence-corrected chi connectivity index (χ2v) is 6.05. The van der Waals surface area contributed by atoms with Crippen molar-refractivity contribution < 1.29 is 14.6 Å². The van der Waals surface area contributed by atoms with Gasteiger partial charge in [-0.3, -0.25) is 0 Å². The highest BCUT2D eigenvalue weighted by Gasteiger charge is 2.37. The van der Waals surface area contributed by atoms with Gasteiger partial charge < -0.3 is 20.3 Å². The largest absolute Gasteiger partial charge is 0.493 e. The third kappa shape index (κ3) is 3.72. The lowest BCUT2D eigenvalue weighted by Crippen LogP contribution is -2.46. The molecule has 0 aliphatic heterocycles. The van der Waals surface area contributed by atoms with Crippen LogP contribution >= 0.6 is 23.2 Å². The zero-order valence-corrected chi connectivity index (χ0v) is 14.4. The molecule has 124 valence electrons. The first-order chi connectivity index (χ1) is 10.9. The predicted octanol–water partition coefficient (Wildman–Crippen LogP) is 3.62. The summed E-state index contributed by atoms with van der Waals surface area (Å²) in [7, 11) is 1.55. The summed E-state index contributed by atoms with van der Waals surface area (Å²) in [6.45, 7) is 1.77. The molecule has 2 atom stereocenters. The Kier molecular flexibility index (Phi) is 5.76. The SMILES string of the molecule is COc1ccccc1OC(C)(c1ccc(Cl)c(Cl)c1)C(O)CN. The summed E-state index contributed by atoms with van der Waals surface area (Å²) in [5, 5.41) is 11.3. The normalized spacial score (nSPS) is 14.9. The third-order valence-electron chi connectivity index (χ3n) is 3.74. The zero-order chi connectivity index (χ0) is 17.0. The fourth-order valence-corrected chi connectivity index (χ4v) is 2.58. The van der Waals surface area contributed by atoms with Crippen LogP contribution in [0.15, 0.2) is 42.5 Å². The molecule has 23 heavy (non-hydrogen) atoms. The predicted molar refractivity (Wildman–Crippen MR) is 92.5 cm³/mol. The fourth-order valence-electron chi connectivity index (χ4n) is 2.28. The molecule has 2 aromatic carbocycles. The summed E-state index contributed by atoms with van der Waals surface area (Å²) in [6, 6.07) is 12.3. The van der Waals surface area contributed by atoms with Crippen LogP contribution in [-0.4, -0.2) is 24.9 Å². The quantitative estimate of drug-likeness (QED) is 0.830. The van der Waals surface area contributed by atoms with E-state index in [-0.39, 0.29) is 6.54 Å². The molecule has 0 amide bonds. The highest BCUT2D eigenvalue weighted by Crippen LogP contribution is 2.37. The number of aliphatic hydroxyl groups is 1. The van der Waals surface area contributed by atoms with Crippen LogP contribution in [0.2, 0.25) is 10.0 Å². The van der Waals surface area contributed by atoms with Crippen LogP contribution in [0.5, 0.6) is 11.5 Å². The van der Waals surface area contributed by atoms with E-state index in [1.165, 1.54) is 0 Å².